The molecule has 0 aliphatic carbocycles. The van der Waals surface area contributed by atoms with Crippen molar-refractivity contribution in [2.45, 2.75) is 44.2 Å². The molecule has 0 saturated heterocycles. The van der Waals surface area contributed by atoms with Gasteiger partial charge in [0.1, 0.15) is 5.60 Å². The Morgan fingerprint density at radius 1 is 1.41 bits per heavy atom. The molecule has 0 bridgehead atoms. The van der Waals surface area contributed by atoms with E-state index in [1.165, 1.54) is 0 Å². The van der Waals surface area contributed by atoms with Crippen molar-refractivity contribution >= 4 is 17.7 Å². The van der Waals surface area contributed by atoms with E-state index in [2.05, 4.69) is 4.98 Å². The molecule has 1 rings (SSSR count). The highest BCUT2D eigenvalue weighted by molar-refractivity contribution is 7.98. The molecule has 0 radical (unpaired) electrons. The van der Waals surface area contributed by atoms with Crippen LogP contribution in [0.5, 0.6) is 0 Å². The van der Waals surface area contributed by atoms with Crippen LogP contribution in [0.3, 0.4) is 0 Å². The van der Waals surface area contributed by atoms with Gasteiger partial charge in [-0.15, -0.1) is 11.8 Å². The number of esters is 1. The third-order valence-corrected chi connectivity index (χ3v) is 2.89. The molecular weight excluding hydrogens is 234 g/mol. The van der Waals surface area contributed by atoms with Gasteiger partial charge in [-0.2, -0.15) is 0 Å². The SMILES string of the molecule is CSc1ccc(C(C)C(=O)OC(C)(C)C)cn1. The van der Waals surface area contributed by atoms with Gasteiger partial charge in [0, 0.05) is 6.20 Å². The van der Waals surface area contributed by atoms with Gasteiger partial charge in [0.05, 0.1) is 10.9 Å². The van der Waals surface area contributed by atoms with Crippen molar-refractivity contribution in [1.29, 1.82) is 0 Å². The number of ether oxygens (including phenoxy) is 1. The average molecular weight is 253 g/mol. The maximum Gasteiger partial charge on any atom is 0.313 e. The van der Waals surface area contributed by atoms with Crippen molar-refractivity contribution in [3.05, 3.63) is 23.9 Å². The smallest absolute Gasteiger partial charge is 0.313 e. The molecule has 3 nitrogen and oxygen atoms in total. The average Bonchev–Trinajstić information content (AvgIpc) is 2.26. The zero-order chi connectivity index (χ0) is 13.1. The molecule has 4 heteroatoms. The Labute approximate surface area is 107 Å². The number of pyridine rings is 1. The van der Waals surface area contributed by atoms with Gasteiger partial charge < -0.3 is 4.74 Å². The summed E-state index contributed by atoms with van der Waals surface area (Å²) in [5, 5.41) is 0.949. The van der Waals surface area contributed by atoms with Gasteiger partial charge in [-0.1, -0.05) is 6.07 Å². The summed E-state index contributed by atoms with van der Waals surface area (Å²) >= 11 is 1.58. The summed E-state index contributed by atoms with van der Waals surface area (Å²) in [5.74, 6) is -0.492. The van der Waals surface area contributed by atoms with E-state index in [1.807, 2.05) is 46.1 Å². The molecule has 0 saturated carbocycles. The Kier molecular flexibility index (Phi) is 4.57. The highest BCUT2D eigenvalue weighted by Gasteiger charge is 2.23. The van der Waals surface area contributed by atoms with Gasteiger partial charge in [0.25, 0.3) is 0 Å². The highest BCUT2D eigenvalue weighted by Crippen LogP contribution is 2.21. The Balaban J connectivity index is 2.74. The van der Waals surface area contributed by atoms with Crippen LogP contribution in [0.1, 0.15) is 39.2 Å². The molecule has 0 aliphatic rings. The highest BCUT2D eigenvalue weighted by atomic mass is 32.2. The molecule has 1 heterocycles. The molecule has 1 atom stereocenters. The Bertz CT molecular complexity index is 381. The van der Waals surface area contributed by atoms with Gasteiger partial charge in [-0.3, -0.25) is 4.79 Å². The van der Waals surface area contributed by atoms with Gasteiger partial charge in [-0.25, -0.2) is 4.98 Å². The third kappa shape index (κ3) is 4.38. The molecule has 0 N–H and O–H groups in total. The monoisotopic (exact) mass is 253 g/mol. The van der Waals surface area contributed by atoms with E-state index in [-0.39, 0.29) is 11.9 Å². The number of aromatic nitrogens is 1. The molecular formula is C13H19NO2S. The summed E-state index contributed by atoms with van der Waals surface area (Å²) in [6, 6.07) is 3.84. The number of rotatable bonds is 3. The molecule has 0 aromatic carbocycles. The predicted octanol–water partition coefficient (Wildman–Crippen LogP) is 3.25. The summed E-state index contributed by atoms with van der Waals surface area (Å²) < 4.78 is 5.34. The minimum atomic E-state index is -0.446. The normalized spacial score (nSPS) is 13.2. The summed E-state index contributed by atoms with van der Waals surface area (Å²) in [6.07, 6.45) is 3.71. The standard InChI is InChI=1S/C13H19NO2S/c1-9(12(15)16-13(2,3)4)10-6-7-11(17-5)14-8-10/h6-9H,1-5H3. The predicted molar refractivity (Wildman–Crippen MR) is 70.3 cm³/mol. The number of carbonyl (C=O) groups excluding carboxylic acids is 1. The Morgan fingerprint density at radius 3 is 2.47 bits per heavy atom. The van der Waals surface area contributed by atoms with E-state index in [0.717, 1.165) is 10.6 Å². The summed E-state index contributed by atoms with van der Waals surface area (Å²) in [4.78, 5) is 16.1. The van der Waals surface area contributed by atoms with E-state index in [0.29, 0.717) is 0 Å². The van der Waals surface area contributed by atoms with E-state index < -0.39 is 5.60 Å². The van der Waals surface area contributed by atoms with Crippen molar-refractivity contribution in [2.24, 2.45) is 0 Å². The first-order valence-electron chi connectivity index (χ1n) is 5.56. The largest absolute Gasteiger partial charge is 0.460 e. The fourth-order valence-electron chi connectivity index (χ4n) is 1.29. The van der Waals surface area contributed by atoms with Crippen molar-refractivity contribution in [3.8, 4) is 0 Å². The number of hydrogen-bond donors (Lipinski definition) is 0. The van der Waals surface area contributed by atoms with E-state index >= 15 is 0 Å². The van der Waals surface area contributed by atoms with Crippen LogP contribution in [0.4, 0.5) is 0 Å². The Morgan fingerprint density at radius 2 is 2.06 bits per heavy atom. The maximum atomic E-state index is 11.9. The van der Waals surface area contributed by atoms with Crippen molar-refractivity contribution in [3.63, 3.8) is 0 Å². The first-order valence-corrected chi connectivity index (χ1v) is 6.79. The van der Waals surface area contributed by atoms with Crippen LogP contribution in [-0.4, -0.2) is 22.8 Å². The second-order valence-corrected chi connectivity index (χ2v) is 5.72. The van der Waals surface area contributed by atoms with Crippen LogP contribution in [0.15, 0.2) is 23.4 Å². The first-order chi connectivity index (χ1) is 7.83. The lowest BCUT2D eigenvalue weighted by atomic mass is 10.0. The first kappa shape index (κ1) is 14.0. The topological polar surface area (TPSA) is 39.2 Å². The Hall–Kier alpha value is -1.03. The van der Waals surface area contributed by atoms with Crippen LogP contribution in [0.2, 0.25) is 0 Å². The fraction of sp³-hybridized carbons (Fsp3) is 0.538. The zero-order valence-electron chi connectivity index (χ0n) is 11.0. The van der Waals surface area contributed by atoms with Crippen molar-refractivity contribution in [1.82, 2.24) is 4.98 Å². The third-order valence-electron chi connectivity index (χ3n) is 2.23. The lowest BCUT2D eigenvalue weighted by Gasteiger charge is -2.22. The van der Waals surface area contributed by atoms with Gasteiger partial charge >= 0.3 is 5.97 Å². The molecule has 0 fully saturated rings. The number of hydrogen-bond acceptors (Lipinski definition) is 4. The molecule has 17 heavy (non-hydrogen) atoms. The molecule has 1 unspecified atom stereocenters. The van der Waals surface area contributed by atoms with E-state index in [9.17, 15) is 4.79 Å². The summed E-state index contributed by atoms with van der Waals surface area (Å²) in [5.41, 5.74) is 0.440. The molecule has 1 aromatic rings. The van der Waals surface area contributed by atoms with E-state index in [1.54, 1.807) is 18.0 Å². The summed E-state index contributed by atoms with van der Waals surface area (Å²) in [6.45, 7) is 7.44. The van der Waals surface area contributed by atoms with Gasteiger partial charge in [0.15, 0.2) is 0 Å². The van der Waals surface area contributed by atoms with E-state index in [4.69, 9.17) is 4.74 Å². The molecule has 94 valence electrons. The minimum Gasteiger partial charge on any atom is -0.460 e. The quantitative estimate of drug-likeness (QED) is 0.612. The van der Waals surface area contributed by atoms with Crippen LogP contribution in [0.25, 0.3) is 0 Å². The molecule has 0 aliphatic heterocycles. The van der Waals surface area contributed by atoms with Crippen LogP contribution >= 0.6 is 11.8 Å². The second kappa shape index (κ2) is 5.54. The summed E-state index contributed by atoms with van der Waals surface area (Å²) in [7, 11) is 0. The second-order valence-electron chi connectivity index (χ2n) is 4.89. The number of carbonyl (C=O) groups is 1. The van der Waals surface area contributed by atoms with Crippen LogP contribution in [-0.2, 0) is 9.53 Å². The van der Waals surface area contributed by atoms with Gasteiger partial charge in [0.2, 0.25) is 0 Å². The molecule has 0 amide bonds. The zero-order valence-corrected chi connectivity index (χ0v) is 11.8. The fourth-order valence-corrected chi connectivity index (χ4v) is 1.66. The molecule has 0 spiro atoms. The number of nitrogens with zero attached hydrogens (tertiary/aromatic N) is 1. The van der Waals surface area contributed by atoms with Crippen LogP contribution in [0, 0.1) is 0 Å². The lowest BCUT2D eigenvalue weighted by Crippen LogP contribution is -2.26. The molecule has 1 aromatic heterocycles. The lowest BCUT2D eigenvalue weighted by molar-refractivity contribution is -0.156. The maximum absolute atomic E-state index is 11.9. The van der Waals surface area contributed by atoms with Crippen molar-refractivity contribution < 1.29 is 9.53 Å². The minimum absolute atomic E-state index is 0.212. The van der Waals surface area contributed by atoms with Crippen LogP contribution < -0.4 is 0 Å². The number of thioether (sulfide) groups is 1. The van der Waals surface area contributed by atoms with Crippen molar-refractivity contribution in [2.75, 3.05) is 6.26 Å². The van der Waals surface area contributed by atoms with Gasteiger partial charge in [-0.05, 0) is 45.6 Å².